The van der Waals surface area contributed by atoms with Crippen molar-refractivity contribution in [2.75, 3.05) is 12.4 Å². The maximum atomic E-state index is 6.18. The highest BCUT2D eigenvalue weighted by Crippen LogP contribution is 2.31. The van der Waals surface area contributed by atoms with E-state index in [1.54, 1.807) is 37.5 Å². The molecule has 4 rings (SSSR count). The van der Waals surface area contributed by atoms with Gasteiger partial charge in [0.15, 0.2) is 0 Å². The van der Waals surface area contributed by atoms with E-state index < -0.39 is 0 Å². The van der Waals surface area contributed by atoms with Crippen LogP contribution in [0.2, 0.25) is 15.1 Å². The van der Waals surface area contributed by atoms with Crippen LogP contribution in [0.3, 0.4) is 0 Å². The molecule has 2 heterocycles. The SMILES string of the molecule is CNc1ncccc1-c1noc(/C(=C/c2ccc(Cl)c(Cl)c2)c2ccc(Cl)cc2)n1. The summed E-state index contributed by atoms with van der Waals surface area (Å²) >= 11 is 18.3. The fourth-order valence-corrected chi connectivity index (χ4v) is 3.33. The molecule has 2 aromatic heterocycles. The van der Waals surface area contributed by atoms with Crippen molar-refractivity contribution in [1.29, 1.82) is 0 Å². The molecule has 0 fully saturated rings. The number of rotatable bonds is 5. The first kappa shape index (κ1) is 20.4. The number of nitrogens with zero attached hydrogens (tertiary/aromatic N) is 3. The molecule has 0 saturated heterocycles. The van der Waals surface area contributed by atoms with Gasteiger partial charge in [-0.05, 0) is 53.6 Å². The van der Waals surface area contributed by atoms with Gasteiger partial charge in [0.1, 0.15) is 5.82 Å². The molecule has 0 saturated carbocycles. The summed E-state index contributed by atoms with van der Waals surface area (Å²) in [7, 11) is 1.79. The zero-order valence-electron chi connectivity index (χ0n) is 15.7. The summed E-state index contributed by atoms with van der Waals surface area (Å²) in [6, 6.07) is 16.4. The van der Waals surface area contributed by atoms with E-state index in [1.165, 1.54) is 0 Å². The lowest BCUT2D eigenvalue weighted by Crippen LogP contribution is -1.96. The largest absolute Gasteiger partial charge is 0.373 e. The van der Waals surface area contributed by atoms with Crippen molar-refractivity contribution in [3.63, 3.8) is 0 Å². The number of aromatic nitrogens is 3. The van der Waals surface area contributed by atoms with Gasteiger partial charge < -0.3 is 9.84 Å². The van der Waals surface area contributed by atoms with Crippen LogP contribution < -0.4 is 5.32 Å². The molecule has 0 aliphatic rings. The molecule has 0 atom stereocenters. The maximum absolute atomic E-state index is 6.18. The van der Waals surface area contributed by atoms with Crippen LogP contribution >= 0.6 is 34.8 Å². The third kappa shape index (κ3) is 4.33. The molecule has 0 unspecified atom stereocenters. The third-order valence-corrected chi connectivity index (χ3v) is 5.34. The van der Waals surface area contributed by atoms with Crippen molar-refractivity contribution in [3.05, 3.63) is 92.9 Å². The van der Waals surface area contributed by atoms with Crippen LogP contribution in [0.25, 0.3) is 23.0 Å². The van der Waals surface area contributed by atoms with E-state index in [9.17, 15) is 0 Å². The molecule has 2 aromatic carbocycles. The second kappa shape index (κ2) is 8.88. The maximum Gasteiger partial charge on any atom is 0.258 e. The van der Waals surface area contributed by atoms with Crippen molar-refractivity contribution in [2.45, 2.75) is 0 Å². The first-order chi connectivity index (χ1) is 14.5. The normalized spacial score (nSPS) is 11.5. The Morgan fingerprint density at radius 1 is 1.00 bits per heavy atom. The van der Waals surface area contributed by atoms with Gasteiger partial charge >= 0.3 is 0 Å². The van der Waals surface area contributed by atoms with E-state index in [4.69, 9.17) is 39.3 Å². The van der Waals surface area contributed by atoms with Gasteiger partial charge in [-0.2, -0.15) is 4.98 Å². The Labute approximate surface area is 188 Å². The van der Waals surface area contributed by atoms with E-state index in [2.05, 4.69) is 20.4 Å². The van der Waals surface area contributed by atoms with Gasteiger partial charge in [-0.15, -0.1) is 0 Å². The summed E-state index contributed by atoms with van der Waals surface area (Å²) in [4.78, 5) is 8.90. The van der Waals surface area contributed by atoms with Gasteiger partial charge in [-0.3, -0.25) is 0 Å². The van der Waals surface area contributed by atoms with Gasteiger partial charge in [0, 0.05) is 23.8 Å². The van der Waals surface area contributed by atoms with Gasteiger partial charge in [0.2, 0.25) is 5.82 Å². The number of hydrogen-bond acceptors (Lipinski definition) is 5. The molecule has 0 aliphatic heterocycles. The summed E-state index contributed by atoms with van der Waals surface area (Å²) in [6.45, 7) is 0. The van der Waals surface area contributed by atoms with Crippen molar-refractivity contribution in [1.82, 2.24) is 15.1 Å². The molecule has 0 radical (unpaired) electrons. The molecule has 1 N–H and O–H groups in total. The summed E-state index contributed by atoms with van der Waals surface area (Å²) in [5.41, 5.74) is 3.16. The zero-order chi connectivity index (χ0) is 21.1. The van der Waals surface area contributed by atoms with Gasteiger partial charge in [0.25, 0.3) is 5.89 Å². The molecular formula is C22H15Cl3N4O. The molecule has 5 nitrogen and oxygen atoms in total. The first-order valence-electron chi connectivity index (χ1n) is 8.95. The molecule has 4 aromatic rings. The van der Waals surface area contributed by atoms with E-state index in [1.807, 2.05) is 36.4 Å². The summed E-state index contributed by atoms with van der Waals surface area (Å²) < 4.78 is 5.61. The predicted molar refractivity (Wildman–Crippen MR) is 122 cm³/mol. The highest BCUT2D eigenvalue weighted by molar-refractivity contribution is 6.42. The molecule has 30 heavy (non-hydrogen) atoms. The van der Waals surface area contributed by atoms with Crippen LogP contribution in [0.5, 0.6) is 0 Å². The van der Waals surface area contributed by atoms with Crippen LogP contribution in [-0.4, -0.2) is 22.2 Å². The molecule has 150 valence electrons. The van der Waals surface area contributed by atoms with E-state index in [0.717, 1.165) is 22.3 Å². The van der Waals surface area contributed by atoms with Crippen LogP contribution in [0, 0.1) is 0 Å². The Hall–Kier alpha value is -2.86. The molecule has 0 amide bonds. The summed E-state index contributed by atoms with van der Waals surface area (Å²) in [5, 5.41) is 8.76. The van der Waals surface area contributed by atoms with Crippen LogP contribution in [-0.2, 0) is 0 Å². The summed E-state index contributed by atoms with van der Waals surface area (Å²) in [6.07, 6.45) is 3.60. The Morgan fingerprint density at radius 2 is 1.80 bits per heavy atom. The van der Waals surface area contributed by atoms with E-state index in [-0.39, 0.29) is 0 Å². The number of anilines is 1. The molecular weight excluding hydrogens is 443 g/mol. The number of benzene rings is 2. The number of pyridine rings is 1. The minimum atomic E-state index is 0.351. The van der Waals surface area contributed by atoms with Crippen molar-refractivity contribution in [3.8, 4) is 11.4 Å². The highest BCUT2D eigenvalue weighted by Gasteiger charge is 2.17. The van der Waals surface area contributed by atoms with E-state index >= 15 is 0 Å². The molecule has 0 spiro atoms. The fourth-order valence-electron chi connectivity index (χ4n) is 2.89. The Morgan fingerprint density at radius 3 is 2.53 bits per heavy atom. The number of nitrogens with one attached hydrogen (secondary N) is 1. The minimum Gasteiger partial charge on any atom is -0.373 e. The predicted octanol–water partition coefficient (Wildman–Crippen LogP) is 6.72. The average molecular weight is 458 g/mol. The lowest BCUT2D eigenvalue weighted by molar-refractivity contribution is 0.409. The number of hydrogen-bond donors (Lipinski definition) is 1. The fraction of sp³-hybridized carbons (Fsp3) is 0.0455. The average Bonchev–Trinajstić information content (AvgIpc) is 3.25. The van der Waals surface area contributed by atoms with Gasteiger partial charge in [0.05, 0.1) is 15.6 Å². The second-order valence-corrected chi connectivity index (χ2v) is 7.56. The molecule has 0 bridgehead atoms. The first-order valence-corrected chi connectivity index (χ1v) is 10.1. The van der Waals surface area contributed by atoms with E-state index in [0.29, 0.717) is 32.6 Å². The van der Waals surface area contributed by atoms with Crippen molar-refractivity contribution < 1.29 is 4.52 Å². The zero-order valence-corrected chi connectivity index (χ0v) is 18.0. The standard InChI is InChI=1S/C22H15Cl3N4O/c1-26-20-16(3-2-10-27-20)21-28-22(30-29-21)17(14-5-7-15(23)8-6-14)11-13-4-9-18(24)19(25)12-13/h2-12H,1H3,(H,26,27)/b17-11+. The smallest absolute Gasteiger partial charge is 0.258 e. The highest BCUT2D eigenvalue weighted by atomic mass is 35.5. The topological polar surface area (TPSA) is 63.8 Å². The quantitative estimate of drug-likeness (QED) is 0.337. The third-order valence-electron chi connectivity index (χ3n) is 4.35. The van der Waals surface area contributed by atoms with Crippen molar-refractivity contribution in [2.24, 2.45) is 0 Å². The molecule has 0 aliphatic carbocycles. The van der Waals surface area contributed by atoms with Crippen LogP contribution in [0.4, 0.5) is 5.82 Å². The van der Waals surface area contributed by atoms with Gasteiger partial charge in [-0.25, -0.2) is 4.98 Å². The van der Waals surface area contributed by atoms with Crippen LogP contribution in [0.15, 0.2) is 65.3 Å². The van der Waals surface area contributed by atoms with Gasteiger partial charge in [-0.1, -0.05) is 58.2 Å². The Kier molecular flexibility index (Phi) is 6.04. The molecule has 8 heteroatoms. The minimum absolute atomic E-state index is 0.351. The summed E-state index contributed by atoms with van der Waals surface area (Å²) in [5.74, 6) is 1.44. The monoisotopic (exact) mass is 456 g/mol. The Balaban J connectivity index is 1.82. The van der Waals surface area contributed by atoms with Crippen molar-refractivity contribution >= 4 is 52.3 Å². The van der Waals surface area contributed by atoms with Crippen LogP contribution in [0.1, 0.15) is 17.0 Å². The Bertz CT molecular complexity index is 1220. The number of halogens is 3. The lowest BCUT2D eigenvalue weighted by atomic mass is 10.0. The second-order valence-electron chi connectivity index (χ2n) is 6.31. The lowest BCUT2D eigenvalue weighted by Gasteiger charge is -2.05.